The molecule has 0 aliphatic carbocycles. The zero-order valence-corrected chi connectivity index (χ0v) is 5.90. The smallest absolute Gasteiger partial charge is 0.368 e. The molecule has 1 rings (SSSR count). The van der Waals surface area contributed by atoms with Gasteiger partial charge in [-0.2, -0.15) is 13.2 Å². The summed E-state index contributed by atoms with van der Waals surface area (Å²) < 4.78 is 40.2. The predicted molar refractivity (Wildman–Crippen MR) is 33.0 cm³/mol. The summed E-state index contributed by atoms with van der Waals surface area (Å²) in [6, 6.07) is 0. The maximum absolute atomic E-state index is 11.9. The van der Waals surface area contributed by atoms with Gasteiger partial charge in [0.1, 0.15) is 0 Å². The van der Waals surface area contributed by atoms with Gasteiger partial charge in [-0.1, -0.05) is 0 Å². The molecule has 1 saturated heterocycles. The van der Waals surface area contributed by atoms with Crippen molar-refractivity contribution in [3.8, 4) is 0 Å². The molecule has 0 saturated carbocycles. The molecule has 2 atom stereocenters. The second-order valence-electron chi connectivity index (χ2n) is 2.70. The third-order valence-electron chi connectivity index (χ3n) is 1.78. The fourth-order valence-corrected chi connectivity index (χ4v) is 1.08. The highest BCUT2D eigenvalue weighted by Crippen LogP contribution is 2.32. The Labute approximate surface area is 62.5 Å². The molecule has 0 aromatic carbocycles. The van der Waals surface area contributed by atoms with Crippen LogP contribution in [0.5, 0.6) is 0 Å². The highest BCUT2D eigenvalue weighted by Gasteiger charge is 2.45. The van der Waals surface area contributed by atoms with E-state index in [1.54, 1.807) is 0 Å². The van der Waals surface area contributed by atoms with Gasteiger partial charge in [0.25, 0.3) is 0 Å². The lowest BCUT2D eigenvalue weighted by Gasteiger charge is -2.12. The van der Waals surface area contributed by atoms with Crippen LogP contribution in [0.1, 0.15) is 6.42 Å². The van der Waals surface area contributed by atoms with Crippen LogP contribution in [-0.2, 0) is 4.74 Å². The second kappa shape index (κ2) is 2.98. The van der Waals surface area contributed by atoms with E-state index in [1.807, 2.05) is 0 Å². The number of ether oxygens (including phenoxy) is 1. The molecule has 0 spiro atoms. The molecule has 0 bridgehead atoms. The minimum absolute atomic E-state index is 0.0139. The van der Waals surface area contributed by atoms with Crippen LogP contribution in [0.3, 0.4) is 0 Å². The lowest BCUT2D eigenvalue weighted by molar-refractivity contribution is -0.206. The average Bonchev–Trinajstić information content (AvgIpc) is 2.32. The number of alkyl halides is 3. The molecule has 11 heavy (non-hydrogen) atoms. The molecule has 66 valence electrons. The number of hydrogen-bond acceptors (Lipinski definition) is 2. The number of hydrogen-bond donors (Lipinski definition) is 1. The van der Waals surface area contributed by atoms with Gasteiger partial charge in [0.2, 0.25) is 0 Å². The van der Waals surface area contributed by atoms with Crippen molar-refractivity contribution >= 4 is 0 Å². The second-order valence-corrected chi connectivity index (χ2v) is 2.70. The van der Waals surface area contributed by atoms with E-state index in [4.69, 9.17) is 5.73 Å². The summed E-state index contributed by atoms with van der Waals surface area (Å²) in [4.78, 5) is 0. The molecule has 0 aromatic heterocycles. The van der Waals surface area contributed by atoms with Crippen molar-refractivity contribution < 1.29 is 17.9 Å². The normalized spacial score (nSPS) is 32.7. The van der Waals surface area contributed by atoms with Crippen LogP contribution >= 0.6 is 0 Å². The Balaban J connectivity index is 2.42. The van der Waals surface area contributed by atoms with Gasteiger partial charge in [0.15, 0.2) is 6.10 Å². The largest absolute Gasteiger partial charge is 0.414 e. The first-order valence-electron chi connectivity index (χ1n) is 3.42. The van der Waals surface area contributed by atoms with Crippen LogP contribution in [0.4, 0.5) is 13.2 Å². The average molecular weight is 169 g/mol. The molecule has 0 aromatic rings. The molecule has 0 unspecified atom stereocenters. The quantitative estimate of drug-likeness (QED) is 0.633. The molecule has 1 fully saturated rings. The first kappa shape index (κ1) is 8.80. The predicted octanol–water partition coefficient (Wildman–Crippen LogP) is 0.912. The van der Waals surface area contributed by atoms with Crippen LogP contribution < -0.4 is 5.73 Å². The lowest BCUT2D eigenvalue weighted by Crippen LogP contribution is -2.28. The summed E-state index contributed by atoms with van der Waals surface area (Å²) >= 11 is 0. The highest BCUT2D eigenvalue weighted by molar-refractivity contribution is 4.79. The monoisotopic (exact) mass is 169 g/mol. The topological polar surface area (TPSA) is 35.2 Å². The van der Waals surface area contributed by atoms with Gasteiger partial charge in [-0.05, 0) is 18.9 Å². The Morgan fingerprint density at radius 1 is 1.45 bits per heavy atom. The molecule has 2 N–H and O–H groups in total. The summed E-state index contributed by atoms with van der Waals surface area (Å²) in [6.45, 7) is 0.410. The molecule has 1 heterocycles. The Bertz CT molecular complexity index is 136. The first-order chi connectivity index (χ1) is 5.04. The molecule has 2 nitrogen and oxygen atoms in total. The van der Waals surface area contributed by atoms with Crippen LogP contribution in [0, 0.1) is 5.92 Å². The molecular weight excluding hydrogens is 159 g/mol. The Kier molecular flexibility index (Phi) is 2.39. The molecule has 1 aliphatic rings. The van der Waals surface area contributed by atoms with E-state index in [9.17, 15) is 13.2 Å². The van der Waals surface area contributed by atoms with Gasteiger partial charge in [0.05, 0.1) is 6.61 Å². The minimum Gasteiger partial charge on any atom is -0.368 e. The summed E-state index contributed by atoms with van der Waals surface area (Å²) in [5.74, 6) is -0.123. The van der Waals surface area contributed by atoms with Gasteiger partial charge < -0.3 is 10.5 Å². The van der Waals surface area contributed by atoms with Gasteiger partial charge in [-0.25, -0.2) is 0 Å². The fourth-order valence-electron chi connectivity index (χ4n) is 1.08. The van der Waals surface area contributed by atoms with Crippen molar-refractivity contribution in [1.29, 1.82) is 0 Å². The molecule has 0 radical (unpaired) electrons. The molecular formula is C6H10F3NO. The number of nitrogens with two attached hydrogens (primary N) is 1. The van der Waals surface area contributed by atoms with E-state index in [1.165, 1.54) is 0 Å². The van der Waals surface area contributed by atoms with Crippen LogP contribution in [0.25, 0.3) is 0 Å². The Hall–Kier alpha value is -0.290. The maximum atomic E-state index is 11.9. The maximum Gasteiger partial charge on any atom is 0.414 e. The van der Waals surface area contributed by atoms with Crippen molar-refractivity contribution in [3.63, 3.8) is 0 Å². The lowest BCUT2D eigenvalue weighted by atomic mass is 10.1. The number of halogens is 3. The molecule has 5 heteroatoms. The van der Waals surface area contributed by atoms with E-state index in [0.29, 0.717) is 0 Å². The molecule has 0 amide bonds. The van der Waals surface area contributed by atoms with E-state index >= 15 is 0 Å². The van der Waals surface area contributed by atoms with Crippen LogP contribution in [0.2, 0.25) is 0 Å². The first-order valence-corrected chi connectivity index (χ1v) is 3.42. The summed E-state index contributed by atoms with van der Waals surface area (Å²) in [7, 11) is 0. The number of rotatable bonds is 1. The molecule has 1 aliphatic heterocycles. The SMILES string of the molecule is NC[C@@H]1CO[C@H](C(F)(F)F)C1. The zero-order valence-electron chi connectivity index (χ0n) is 5.90. The van der Waals surface area contributed by atoms with E-state index in [0.717, 1.165) is 0 Å². The van der Waals surface area contributed by atoms with Crippen LogP contribution in [-0.4, -0.2) is 25.4 Å². The van der Waals surface area contributed by atoms with Gasteiger partial charge >= 0.3 is 6.18 Å². The van der Waals surface area contributed by atoms with Crippen molar-refractivity contribution in [2.75, 3.05) is 13.2 Å². The van der Waals surface area contributed by atoms with Crippen molar-refractivity contribution in [2.24, 2.45) is 11.7 Å². The van der Waals surface area contributed by atoms with E-state index < -0.39 is 12.3 Å². The van der Waals surface area contributed by atoms with Crippen molar-refractivity contribution in [1.82, 2.24) is 0 Å². The third kappa shape index (κ3) is 2.07. The minimum atomic E-state index is -4.22. The Morgan fingerprint density at radius 2 is 2.09 bits per heavy atom. The zero-order chi connectivity index (χ0) is 8.48. The summed E-state index contributed by atoms with van der Waals surface area (Å²) in [5.41, 5.74) is 5.19. The fraction of sp³-hybridized carbons (Fsp3) is 1.00. The van der Waals surface area contributed by atoms with Gasteiger partial charge in [-0.3, -0.25) is 0 Å². The van der Waals surface area contributed by atoms with Crippen molar-refractivity contribution in [3.05, 3.63) is 0 Å². The van der Waals surface area contributed by atoms with Crippen LogP contribution in [0.15, 0.2) is 0 Å². The third-order valence-corrected chi connectivity index (χ3v) is 1.78. The highest BCUT2D eigenvalue weighted by atomic mass is 19.4. The van der Waals surface area contributed by atoms with Gasteiger partial charge in [-0.15, -0.1) is 0 Å². The summed E-state index contributed by atoms with van der Waals surface area (Å²) in [5, 5.41) is 0. The Morgan fingerprint density at radius 3 is 2.36 bits per heavy atom. The van der Waals surface area contributed by atoms with E-state index in [2.05, 4.69) is 4.74 Å². The van der Waals surface area contributed by atoms with E-state index in [-0.39, 0.29) is 25.5 Å². The van der Waals surface area contributed by atoms with Gasteiger partial charge in [0, 0.05) is 0 Å². The summed E-state index contributed by atoms with van der Waals surface area (Å²) in [6.07, 6.45) is -5.79. The van der Waals surface area contributed by atoms with Crippen molar-refractivity contribution in [2.45, 2.75) is 18.7 Å². The standard InChI is InChI=1S/C6H10F3NO/c7-6(8,9)5-1-4(2-10)3-11-5/h4-5H,1-3,10H2/t4-,5+/m1/s1.